The molecule has 4 heteroatoms. The van der Waals surface area contributed by atoms with Crippen LogP contribution in [0.1, 0.15) is 34.1 Å². The van der Waals surface area contributed by atoms with Crippen molar-refractivity contribution in [3.8, 4) is 0 Å². The predicted molar refractivity (Wildman–Crippen MR) is 67.2 cm³/mol. The molecule has 0 amide bonds. The van der Waals surface area contributed by atoms with Crippen molar-refractivity contribution in [2.45, 2.75) is 27.2 Å². The summed E-state index contributed by atoms with van der Waals surface area (Å²) in [5.41, 5.74) is 3.26. The molecule has 0 aliphatic rings. The molecule has 18 heavy (non-hydrogen) atoms. The topological polar surface area (TPSA) is 34.9 Å². The molecule has 0 radical (unpaired) electrons. The summed E-state index contributed by atoms with van der Waals surface area (Å²) in [6.45, 7) is 5.04. The lowest BCUT2D eigenvalue weighted by atomic mass is 10.0. The third kappa shape index (κ3) is 2.32. The molecule has 0 unspecified atom stereocenters. The summed E-state index contributed by atoms with van der Waals surface area (Å²) < 4.78 is 14.8. The summed E-state index contributed by atoms with van der Waals surface area (Å²) in [5, 5.41) is 4.02. The van der Waals surface area contributed by atoms with Crippen molar-refractivity contribution in [3.63, 3.8) is 0 Å². The number of carbonyl (C=O) groups excluding carboxylic acids is 1. The lowest BCUT2D eigenvalue weighted by molar-refractivity contribution is 0.0918. The van der Waals surface area contributed by atoms with Gasteiger partial charge in [-0.3, -0.25) is 4.79 Å². The first-order valence-corrected chi connectivity index (χ1v) is 5.78. The van der Waals surface area contributed by atoms with Crippen LogP contribution in [-0.2, 0) is 6.42 Å². The largest absolute Gasteiger partial charge is 0.273 e. The van der Waals surface area contributed by atoms with Crippen LogP contribution in [0.5, 0.6) is 0 Å². The molecule has 0 aliphatic carbocycles. The number of aryl methyl sites for hydroxylation is 1. The highest BCUT2D eigenvalue weighted by molar-refractivity contribution is 5.76. The van der Waals surface area contributed by atoms with Gasteiger partial charge in [-0.2, -0.15) is 5.10 Å². The second-order valence-corrected chi connectivity index (χ2v) is 4.45. The Morgan fingerprint density at radius 3 is 2.67 bits per heavy atom. The van der Waals surface area contributed by atoms with E-state index in [4.69, 9.17) is 0 Å². The number of carbonyl (C=O) groups is 1. The van der Waals surface area contributed by atoms with E-state index in [0.29, 0.717) is 12.0 Å². The van der Waals surface area contributed by atoms with Crippen LogP contribution in [-0.4, -0.2) is 15.7 Å². The zero-order valence-corrected chi connectivity index (χ0v) is 10.7. The number of nitrogens with zero attached hydrogens (tertiary/aromatic N) is 2. The molecule has 0 fully saturated rings. The lowest BCUT2D eigenvalue weighted by Gasteiger charge is -2.04. The Bertz CT molecular complexity index is 602. The van der Waals surface area contributed by atoms with Gasteiger partial charge in [-0.15, -0.1) is 0 Å². The number of halogens is 1. The highest BCUT2D eigenvalue weighted by Crippen LogP contribution is 2.16. The number of hydrogen-bond acceptors (Lipinski definition) is 2. The molecule has 0 aliphatic heterocycles. The SMILES string of the molecule is CC(=O)n1ncc(Cc2ccc(C)c(F)c2)c1C. The van der Waals surface area contributed by atoms with Gasteiger partial charge in [-0.05, 0) is 36.6 Å². The van der Waals surface area contributed by atoms with E-state index in [0.717, 1.165) is 16.8 Å². The fraction of sp³-hybridized carbons (Fsp3) is 0.286. The van der Waals surface area contributed by atoms with Crippen molar-refractivity contribution in [1.82, 2.24) is 9.78 Å². The van der Waals surface area contributed by atoms with Gasteiger partial charge in [0, 0.05) is 19.0 Å². The molecule has 1 aromatic heterocycles. The van der Waals surface area contributed by atoms with E-state index in [9.17, 15) is 9.18 Å². The number of aromatic nitrogens is 2. The average Bonchev–Trinajstić information content (AvgIpc) is 2.66. The van der Waals surface area contributed by atoms with E-state index < -0.39 is 0 Å². The van der Waals surface area contributed by atoms with Crippen LogP contribution >= 0.6 is 0 Å². The second-order valence-electron chi connectivity index (χ2n) is 4.45. The minimum atomic E-state index is -0.205. The Balaban J connectivity index is 2.29. The Morgan fingerprint density at radius 2 is 2.11 bits per heavy atom. The number of hydrogen-bond donors (Lipinski definition) is 0. The van der Waals surface area contributed by atoms with Crippen LogP contribution in [0.25, 0.3) is 0 Å². The lowest BCUT2D eigenvalue weighted by Crippen LogP contribution is -2.09. The van der Waals surface area contributed by atoms with E-state index in [-0.39, 0.29) is 11.7 Å². The van der Waals surface area contributed by atoms with E-state index in [1.54, 1.807) is 19.2 Å². The van der Waals surface area contributed by atoms with Crippen molar-refractivity contribution < 1.29 is 9.18 Å². The van der Waals surface area contributed by atoms with Crippen molar-refractivity contribution in [3.05, 3.63) is 52.6 Å². The molecular weight excluding hydrogens is 231 g/mol. The standard InChI is InChI=1S/C14H15FN2O/c1-9-4-5-12(7-14(9)15)6-13-8-16-17(10(13)2)11(3)18/h4-5,7-8H,6H2,1-3H3. The molecule has 0 atom stereocenters. The maximum absolute atomic E-state index is 13.4. The first-order chi connectivity index (χ1) is 8.49. The molecule has 0 N–H and O–H groups in total. The number of benzene rings is 1. The molecule has 1 heterocycles. The summed E-state index contributed by atoms with van der Waals surface area (Å²) in [4.78, 5) is 11.3. The first-order valence-electron chi connectivity index (χ1n) is 5.78. The van der Waals surface area contributed by atoms with Crippen molar-refractivity contribution in [2.24, 2.45) is 0 Å². The Hall–Kier alpha value is -1.97. The third-order valence-corrected chi connectivity index (χ3v) is 3.04. The van der Waals surface area contributed by atoms with Gasteiger partial charge in [0.05, 0.1) is 6.20 Å². The van der Waals surface area contributed by atoms with Crippen molar-refractivity contribution in [2.75, 3.05) is 0 Å². The summed E-state index contributed by atoms with van der Waals surface area (Å²) in [6, 6.07) is 5.18. The quantitative estimate of drug-likeness (QED) is 0.816. The van der Waals surface area contributed by atoms with Gasteiger partial charge in [0.2, 0.25) is 5.91 Å². The zero-order valence-electron chi connectivity index (χ0n) is 10.7. The van der Waals surface area contributed by atoms with Gasteiger partial charge in [-0.1, -0.05) is 12.1 Å². The van der Waals surface area contributed by atoms with Crippen LogP contribution in [0, 0.1) is 19.7 Å². The normalized spacial score (nSPS) is 10.7. The molecule has 2 aromatic rings. The average molecular weight is 246 g/mol. The molecule has 0 saturated heterocycles. The predicted octanol–water partition coefficient (Wildman–Crippen LogP) is 2.89. The van der Waals surface area contributed by atoms with Gasteiger partial charge in [0.15, 0.2) is 0 Å². The van der Waals surface area contributed by atoms with Gasteiger partial charge >= 0.3 is 0 Å². The second kappa shape index (κ2) is 4.72. The Kier molecular flexibility index (Phi) is 3.28. The minimum absolute atomic E-state index is 0.117. The molecule has 1 aromatic carbocycles. The summed E-state index contributed by atoms with van der Waals surface area (Å²) in [6.07, 6.45) is 2.24. The van der Waals surface area contributed by atoms with E-state index in [1.807, 2.05) is 13.0 Å². The molecule has 0 spiro atoms. The molecule has 0 saturated carbocycles. The monoisotopic (exact) mass is 246 g/mol. The summed E-state index contributed by atoms with van der Waals surface area (Å²) in [7, 11) is 0. The van der Waals surface area contributed by atoms with Crippen molar-refractivity contribution >= 4 is 5.91 Å². The highest BCUT2D eigenvalue weighted by atomic mass is 19.1. The summed E-state index contributed by atoms with van der Waals surface area (Å²) in [5.74, 6) is -0.321. The van der Waals surface area contributed by atoms with Crippen molar-refractivity contribution in [1.29, 1.82) is 0 Å². The number of rotatable bonds is 2. The van der Waals surface area contributed by atoms with Crippen LogP contribution in [0.4, 0.5) is 4.39 Å². The Morgan fingerprint density at radius 1 is 1.39 bits per heavy atom. The first kappa shape index (κ1) is 12.5. The van der Waals surface area contributed by atoms with Crippen LogP contribution in [0.2, 0.25) is 0 Å². The molecule has 2 rings (SSSR count). The minimum Gasteiger partial charge on any atom is -0.273 e. The van der Waals surface area contributed by atoms with Gasteiger partial charge < -0.3 is 0 Å². The van der Waals surface area contributed by atoms with Crippen LogP contribution in [0.3, 0.4) is 0 Å². The fourth-order valence-electron chi connectivity index (χ4n) is 1.90. The van der Waals surface area contributed by atoms with Crippen LogP contribution < -0.4 is 0 Å². The van der Waals surface area contributed by atoms with Gasteiger partial charge in [0.1, 0.15) is 5.82 Å². The zero-order chi connectivity index (χ0) is 13.3. The maximum atomic E-state index is 13.4. The highest BCUT2D eigenvalue weighted by Gasteiger charge is 2.10. The molecule has 0 bridgehead atoms. The van der Waals surface area contributed by atoms with Gasteiger partial charge in [0.25, 0.3) is 0 Å². The maximum Gasteiger partial charge on any atom is 0.243 e. The van der Waals surface area contributed by atoms with Gasteiger partial charge in [-0.25, -0.2) is 9.07 Å². The molecule has 94 valence electrons. The van der Waals surface area contributed by atoms with E-state index >= 15 is 0 Å². The summed E-state index contributed by atoms with van der Waals surface area (Å²) >= 11 is 0. The fourth-order valence-corrected chi connectivity index (χ4v) is 1.90. The third-order valence-electron chi connectivity index (χ3n) is 3.04. The smallest absolute Gasteiger partial charge is 0.243 e. The van der Waals surface area contributed by atoms with Crippen LogP contribution in [0.15, 0.2) is 24.4 Å². The molecular formula is C14H15FN2O. The Labute approximate surface area is 105 Å². The van der Waals surface area contributed by atoms with E-state index in [1.165, 1.54) is 17.7 Å². The van der Waals surface area contributed by atoms with E-state index in [2.05, 4.69) is 5.10 Å². The molecule has 3 nitrogen and oxygen atoms in total.